The molecule has 9 heteroatoms. The van der Waals surface area contributed by atoms with Crippen LogP contribution in [0.15, 0.2) is 36.4 Å². The first-order valence-electron chi connectivity index (χ1n) is 8.47. The monoisotopic (exact) mass is 398 g/mol. The molecule has 0 radical (unpaired) electrons. The van der Waals surface area contributed by atoms with E-state index in [1.54, 1.807) is 18.2 Å². The standard InChI is InChI=1S/C19H15FN4O3S/c1-9(25)21-11-3-5-14-16(7-11)28-19(23-14)24-18(27)13-8-17(26)22-15-6-10(20)2-4-12(13)15/h2-7,13H,8H2,1H3,(H,21,25)(H,22,26)(H,23,24,27). The van der Waals surface area contributed by atoms with Crippen LogP contribution in [0.2, 0.25) is 0 Å². The van der Waals surface area contributed by atoms with Gasteiger partial charge in [0.1, 0.15) is 5.82 Å². The predicted octanol–water partition coefficient (Wildman–Crippen LogP) is 3.46. The van der Waals surface area contributed by atoms with Crippen molar-refractivity contribution in [3.8, 4) is 0 Å². The highest BCUT2D eigenvalue weighted by Crippen LogP contribution is 2.35. The Balaban J connectivity index is 1.58. The minimum atomic E-state index is -0.730. The van der Waals surface area contributed by atoms with E-state index in [-0.39, 0.29) is 24.1 Å². The molecule has 0 fully saturated rings. The molecule has 3 aromatic rings. The maximum atomic E-state index is 13.4. The number of rotatable bonds is 3. The second-order valence-corrected chi connectivity index (χ2v) is 7.44. The number of halogens is 1. The van der Waals surface area contributed by atoms with Gasteiger partial charge in [-0.05, 0) is 35.9 Å². The van der Waals surface area contributed by atoms with Crippen LogP contribution in [0.5, 0.6) is 0 Å². The van der Waals surface area contributed by atoms with Crippen LogP contribution in [0, 0.1) is 5.82 Å². The van der Waals surface area contributed by atoms with Gasteiger partial charge in [0, 0.05) is 24.7 Å². The maximum Gasteiger partial charge on any atom is 0.234 e. The Bertz CT molecular complexity index is 1130. The van der Waals surface area contributed by atoms with Gasteiger partial charge < -0.3 is 16.0 Å². The normalized spacial score (nSPS) is 15.6. The van der Waals surface area contributed by atoms with Crippen LogP contribution in [-0.4, -0.2) is 22.7 Å². The summed E-state index contributed by atoms with van der Waals surface area (Å²) in [6, 6.07) is 9.22. The van der Waals surface area contributed by atoms with E-state index < -0.39 is 11.7 Å². The van der Waals surface area contributed by atoms with Crippen molar-refractivity contribution in [1.29, 1.82) is 0 Å². The highest BCUT2D eigenvalue weighted by atomic mass is 32.1. The van der Waals surface area contributed by atoms with Crippen LogP contribution in [-0.2, 0) is 14.4 Å². The molecule has 28 heavy (non-hydrogen) atoms. The molecule has 0 saturated heterocycles. The molecule has 7 nitrogen and oxygen atoms in total. The Morgan fingerprint density at radius 1 is 1.21 bits per heavy atom. The van der Waals surface area contributed by atoms with Gasteiger partial charge in [0.05, 0.1) is 16.1 Å². The lowest BCUT2D eigenvalue weighted by molar-refractivity contribution is -0.123. The van der Waals surface area contributed by atoms with Crippen molar-refractivity contribution in [3.05, 3.63) is 47.8 Å². The summed E-state index contributed by atoms with van der Waals surface area (Å²) in [5.41, 5.74) is 2.19. The topological polar surface area (TPSA) is 100 Å². The summed E-state index contributed by atoms with van der Waals surface area (Å²) in [5.74, 6) is -2.12. The van der Waals surface area contributed by atoms with Crippen LogP contribution in [0.1, 0.15) is 24.8 Å². The van der Waals surface area contributed by atoms with E-state index in [9.17, 15) is 18.8 Å². The van der Waals surface area contributed by atoms with Gasteiger partial charge in [0.15, 0.2) is 5.13 Å². The van der Waals surface area contributed by atoms with E-state index in [1.807, 2.05) is 0 Å². The van der Waals surface area contributed by atoms with Crippen molar-refractivity contribution >= 4 is 55.8 Å². The second kappa shape index (κ2) is 7.01. The molecule has 1 aliphatic rings. The second-order valence-electron chi connectivity index (χ2n) is 6.41. The number of thiazole rings is 1. The van der Waals surface area contributed by atoms with Crippen LogP contribution in [0.3, 0.4) is 0 Å². The van der Waals surface area contributed by atoms with Crippen molar-refractivity contribution in [1.82, 2.24) is 4.98 Å². The van der Waals surface area contributed by atoms with Gasteiger partial charge in [-0.2, -0.15) is 0 Å². The van der Waals surface area contributed by atoms with Gasteiger partial charge >= 0.3 is 0 Å². The van der Waals surface area contributed by atoms with E-state index in [4.69, 9.17) is 0 Å². The van der Waals surface area contributed by atoms with Crippen LogP contribution in [0.25, 0.3) is 10.2 Å². The summed E-state index contributed by atoms with van der Waals surface area (Å²) >= 11 is 1.26. The molecule has 2 heterocycles. The number of carbonyl (C=O) groups is 3. The average Bonchev–Trinajstić information content (AvgIpc) is 3.01. The Morgan fingerprint density at radius 3 is 2.82 bits per heavy atom. The lowest BCUT2D eigenvalue weighted by Gasteiger charge is -2.24. The molecule has 1 atom stereocenters. The van der Waals surface area contributed by atoms with Crippen LogP contribution < -0.4 is 16.0 Å². The summed E-state index contributed by atoms with van der Waals surface area (Å²) in [6.45, 7) is 1.42. The van der Waals surface area contributed by atoms with E-state index in [1.165, 1.54) is 36.5 Å². The zero-order valence-electron chi connectivity index (χ0n) is 14.7. The number of carbonyl (C=O) groups excluding carboxylic acids is 3. The number of aromatic nitrogens is 1. The number of amides is 3. The van der Waals surface area contributed by atoms with Gasteiger partial charge in [-0.3, -0.25) is 14.4 Å². The van der Waals surface area contributed by atoms with Gasteiger partial charge in [0.2, 0.25) is 17.7 Å². The quantitative estimate of drug-likeness (QED) is 0.629. The first-order chi connectivity index (χ1) is 13.4. The zero-order valence-corrected chi connectivity index (χ0v) is 15.5. The number of fused-ring (bicyclic) bond motifs is 2. The third-order valence-corrected chi connectivity index (χ3v) is 5.24. The Kier molecular flexibility index (Phi) is 4.52. The fraction of sp³-hybridized carbons (Fsp3) is 0.158. The predicted molar refractivity (Wildman–Crippen MR) is 105 cm³/mol. The fourth-order valence-corrected chi connectivity index (χ4v) is 4.03. The Morgan fingerprint density at radius 2 is 2.04 bits per heavy atom. The van der Waals surface area contributed by atoms with E-state index in [0.29, 0.717) is 27.6 Å². The minimum Gasteiger partial charge on any atom is -0.326 e. The van der Waals surface area contributed by atoms with Crippen molar-refractivity contribution in [3.63, 3.8) is 0 Å². The third-order valence-electron chi connectivity index (χ3n) is 4.31. The molecular formula is C19H15FN4O3S. The molecule has 0 bridgehead atoms. The minimum absolute atomic E-state index is 0.0258. The van der Waals surface area contributed by atoms with E-state index in [2.05, 4.69) is 20.9 Å². The lowest BCUT2D eigenvalue weighted by atomic mass is 9.90. The summed E-state index contributed by atoms with van der Waals surface area (Å²) in [7, 11) is 0. The van der Waals surface area contributed by atoms with Crippen LogP contribution >= 0.6 is 11.3 Å². The molecule has 1 aliphatic heterocycles. The van der Waals surface area contributed by atoms with E-state index >= 15 is 0 Å². The van der Waals surface area contributed by atoms with Crippen molar-refractivity contribution < 1.29 is 18.8 Å². The zero-order chi connectivity index (χ0) is 19.8. The number of anilines is 3. The average molecular weight is 398 g/mol. The third kappa shape index (κ3) is 3.56. The van der Waals surface area contributed by atoms with Gasteiger partial charge in [-0.1, -0.05) is 17.4 Å². The van der Waals surface area contributed by atoms with Crippen molar-refractivity contribution in [2.75, 3.05) is 16.0 Å². The van der Waals surface area contributed by atoms with E-state index in [0.717, 1.165) is 4.70 Å². The molecule has 3 amide bonds. The first kappa shape index (κ1) is 18.1. The largest absolute Gasteiger partial charge is 0.326 e. The molecule has 142 valence electrons. The van der Waals surface area contributed by atoms with Gasteiger partial charge in [-0.15, -0.1) is 0 Å². The van der Waals surface area contributed by atoms with Gasteiger partial charge in [-0.25, -0.2) is 9.37 Å². The number of benzene rings is 2. The molecule has 0 saturated carbocycles. The summed E-state index contributed by atoms with van der Waals surface area (Å²) in [4.78, 5) is 40.2. The highest BCUT2D eigenvalue weighted by Gasteiger charge is 2.31. The maximum absolute atomic E-state index is 13.4. The Labute approximate surface area is 163 Å². The van der Waals surface area contributed by atoms with Crippen molar-refractivity contribution in [2.24, 2.45) is 0 Å². The number of hydrogen-bond acceptors (Lipinski definition) is 5. The first-order valence-corrected chi connectivity index (χ1v) is 9.29. The fourth-order valence-electron chi connectivity index (χ4n) is 3.12. The molecule has 3 N–H and O–H groups in total. The summed E-state index contributed by atoms with van der Waals surface area (Å²) in [6.07, 6.45) is -0.0258. The van der Waals surface area contributed by atoms with Crippen molar-refractivity contribution in [2.45, 2.75) is 19.3 Å². The molecule has 4 rings (SSSR count). The molecule has 2 aromatic carbocycles. The number of hydrogen-bond donors (Lipinski definition) is 3. The highest BCUT2D eigenvalue weighted by molar-refractivity contribution is 7.22. The molecule has 1 unspecified atom stereocenters. The SMILES string of the molecule is CC(=O)Nc1ccc2nc(NC(=O)C3CC(=O)Nc4cc(F)ccc43)sc2c1. The smallest absolute Gasteiger partial charge is 0.234 e. The molecule has 0 aliphatic carbocycles. The Hall–Kier alpha value is -3.33. The summed E-state index contributed by atoms with van der Waals surface area (Å²) in [5, 5.41) is 8.41. The number of nitrogens with zero attached hydrogens (tertiary/aromatic N) is 1. The molecular weight excluding hydrogens is 383 g/mol. The van der Waals surface area contributed by atoms with Crippen LogP contribution in [0.4, 0.5) is 20.9 Å². The summed E-state index contributed by atoms with van der Waals surface area (Å²) < 4.78 is 14.2. The number of nitrogens with one attached hydrogen (secondary N) is 3. The lowest BCUT2D eigenvalue weighted by Crippen LogP contribution is -2.30. The molecule has 0 spiro atoms. The molecule has 1 aromatic heterocycles. The van der Waals surface area contributed by atoms with Gasteiger partial charge in [0.25, 0.3) is 0 Å².